The summed E-state index contributed by atoms with van der Waals surface area (Å²) in [7, 11) is 0. The predicted octanol–water partition coefficient (Wildman–Crippen LogP) is 4.21. The number of hydrogen-bond donors (Lipinski definition) is 1. The maximum atomic E-state index is 12.5. The van der Waals surface area contributed by atoms with E-state index in [0.717, 1.165) is 16.1 Å². The Morgan fingerprint density at radius 1 is 1.17 bits per heavy atom. The zero-order valence-electron chi connectivity index (χ0n) is 15.9. The summed E-state index contributed by atoms with van der Waals surface area (Å²) in [6.45, 7) is 3.16. The molecule has 0 spiro atoms. The molecule has 0 unspecified atom stereocenters. The molecule has 1 atom stereocenters. The van der Waals surface area contributed by atoms with Crippen LogP contribution in [0.1, 0.15) is 44.1 Å². The van der Waals surface area contributed by atoms with E-state index in [1.807, 2.05) is 30.3 Å². The van der Waals surface area contributed by atoms with Gasteiger partial charge in [0.15, 0.2) is 12.4 Å². The molecule has 2 aromatic carbocycles. The van der Waals surface area contributed by atoms with Crippen LogP contribution in [0.5, 0.6) is 0 Å². The number of anilines is 1. The van der Waals surface area contributed by atoms with Gasteiger partial charge in [0.2, 0.25) is 5.91 Å². The SMILES string of the molecule is Cc1nc(-c2ccccc2)sc1C(=O)OCC(=O)c1ccc2c(c1)[C@@H](C)C(=O)N2. The van der Waals surface area contributed by atoms with Gasteiger partial charge >= 0.3 is 5.97 Å². The van der Waals surface area contributed by atoms with Crippen LogP contribution in [0.4, 0.5) is 5.69 Å². The number of aryl methyl sites for hydroxylation is 1. The van der Waals surface area contributed by atoms with E-state index >= 15 is 0 Å². The van der Waals surface area contributed by atoms with Gasteiger partial charge < -0.3 is 10.1 Å². The third-order valence-corrected chi connectivity index (χ3v) is 6.01. The van der Waals surface area contributed by atoms with Crippen LogP contribution in [0.3, 0.4) is 0 Å². The third-order valence-electron chi connectivity index (χ3n) is 4.83. The number of hydrogen-bond acceptors (Lipinski definition) is 6. The minimum Gasteiger partial charge on any atom is -0.453 e. The Morgan fingerprint density at radius 2 is 1.93 bits per heavy atom. The quantitative estimate of drug-likeness (QED) is 0.507. The number of nitrogens with one attached hydrogen (secondary N) is 1. The molecule has 2 heterocycles. The van der Waals surface area contributed by atoms with Crippen molar-refractivity contribution in [3.05, 3.63) is 70.2 Å². The maximum absolute atomic E-state index is 12.5. The van der Waals surface area contributed by atoms with Crippen LogP contribution in [-0.4, -0.2) is 29.3 Å². The van der Waals surface area contributed by atoms with Crippen LogP contribution in [0, 0.1) is 6.92 Å². The molecule has 3 aromatic rings. The van der Waals surface area contributed by atoms with E-state index in [2.05, 4.69) is 10.3 Å². The van der Waals surface area contributed by atoms with Gasteiger partial charge in [-0.25, -0.2) is 9.78 Å². The lowest BCUT2D eigenvalue weighted by Gasteiger charge is -2.06. The second-order valence-electron chi connectivity index (χ2n) is 6.81. The molecule has 146 valence electrons. The molecule has 0 bridgehead atoms. The third kappa shape index (κ3) is 3.69. The molecule has 29 heavy (non-hydrogen) atoms. The first-order valence-corrected chi connectivity index (χ1v) is 9.93. The first-order chi connectivity index (χ1) is 13.9. The second kappa shape index (κ2) is 7.60. The van der Waals surface area contributed by atoms with Crippen molar-refractivity contribution in [2.45, 2.75) is 19.8 Å². The summed E-state index contributed by atoms with van der Waals surface area (Å²) in [5, 5.41) is 3.49. The van der Waals surface area contributed by atoms with Gasteiger partial charge in [0.1, 0.15) is 9.88 Å². The van der Waals surface area contributed by atoms with Gasteiger partial charge in [-0.15, -0.1) is 11.3 Å². The van der Waals surface area contributed by atoms with Gasteiger partial charge in [-0.3, -0.25) is 9.59 Å². The molecule has 4 rings (SSSR count). The Hall–Kier alpha value is -3.32. The van der Waals surface area contributed by atoms with Crippen molar-refractivity contribution in [2.24, 2.45) is 0 Å². The Morgan fingerprint density at radius 3 is 2.69 bits per heavy atom. The van der Waals surface area contributed by atoms with Gasteiger partial charge in [-0.05, 0) is 37.6 Å². The number of amides is 1. The lowest BCUT2D eigenvalue weighted by atomic mass is 9.99. The smallest absolute Gasteiger partial charge is 0.350 e. The van der Waals surface area contributed by atoms with Gasteiger partial charge in [-0.1, -0.05) is 30.3 Å². The van der Waals surface area contributed by atoms with Crippen molar-refractivity contribution >= 4 is 34.7 Å². The maximum Gasteiger partial charge on any atom is 0.350 e. The van der Waals surface area contributed by atoms with E-state index in [1.54, 1.807) is 32.0 Å². The molecular formula is C22H18N2O4S. The molecule has 1 aliphatic heterocycles. The molecule has 0 radical (unpaired) electrons. The highest BCUT2D eigenvalue weighted by Gasteiger charge is 2.27. The van der Waals surface area contributed by atoms with Crippen molar-refractivity contribution in [1.82, 2.24) is 4.98 Å². The molecule has 7 heteroatoms. The number of esters is 1. The Labute approximate surface area is 171 Å². The summed E-state index contributed by atoms with van der Waals surface area (Å²) in [4.78, 5) is 41.5. The zero-order valence-corrected chi connectivity index (χ0v) is 16.7. The Balaban J connectivity index is 1.45. The van der Waals surface area contributed by atoms with Crippen LogP contribution in [0.15, 0.2) is 48.5 Å². The van der Waals surface area contributed by atoms with E-state index in [-0.39, 0.29) is 24.2 Å². The lowest BCUT2D eigenvalue weighted by molar-refractivity contribution is -0.116. The van der Waals surface area contributed by atoms with E-state index < -0.39 is 5.97 Å². The standard InChI is InChI=1S/C22H18N2O4S/c1-12-16-10-15(8-9-17(16)24-20(12)26)18(25)11-28-22(27)19-13(2)23-21(29-19)14-6-4-3-5-7-14/h3-10,12H,11H2,1-2H3,(H,24,26)/t12-/m1/s1. The van der Waals surface area contributed by atoms with Crippen LogP contribution in [-0.2, 0) is 9.53 Å². The van der Waals surface area contributed by atoms with E-state index in [0.29, 0.717) is 21.8 Å². The summed E-state index contributed by atoms with van der Waals surface area (Å²) in [6.07, 6.45) is 0. The van der Waals surface area contributed by atoms with Crippen molar-refractivity contribution in [3.8, 4) is 10.6 Å². The summed E-state index contributed by atoms with van der Waals surface area (Å²) >= 11 is 1.24. The molecule has 1 N–H and O–H groups in total. The number of nitrogens with zero attached hydrogens (tertiary/aromatic N) is 1. The summed E-state index contributed by atoms with van der Waals surface area (Å²) in [5.74, 6) is -1.29. The summed E-state index contributed by atoms with van der Waals surface area (Å²) in [6, 6.07) is 14.6. The molecule has 1 amide bonds. The monoisotopic (exact) mass is 406 g/mol. The largest absolute Gasteiger partial charge is 0.453 e. The molecule has 0 saturated carbocycles. The number of ketones is 1. The Kier molecular flexibility index (Phi) is 4.98. The second-order valence-corrected chi connectivity index (χ2v) is 7.81. The molecular weight excluding hydrogens is 388 g/mol. The average Bonchev–Trinajstić information content (AvgIpc) is 3.26. The first kappa shape index (κ1) is 19.0. The van der Waals surface area contributed by atoms with E-state index in [1.165, 1.54) is 11.3 Å². The van der Waals surface area contributed by atoms with Crippen molar-refractivity contribution in [3.63, 3.8) is 0 Å². The highest BCUT2D eigenvalue weighted by Crippen LogP contribution is 2.33. The van der Waals surface area contributed by atoms with Crippen molar-refractivity contribution < 1.29 is 19.1 Å². The summed E-state index contributed by atoms with van der Waals surface area (Å²) < 4.78 is 5.24. The van der Waals surface area contributed by atoms with Gasteiger partial charge in [0.25, 0.3) is 0 Å². The molecule has 1 aliphatic rings. The summed E-state index contributed by atoms with van der Waals surface area (Å²) in [5.41, 5.74) is 3.39. The van der Waals surface area contributed by atoms with E-state index in [4.69, 9.17) is 4.74 Å². The number of aromatic nitrogens is 1. The van der Waals surface area contributed by atoms with E-state index in [9.17, 15) is 14.4 Å². The van der Waals surface area contributed by atoms with Gasteiger partial charge in [-0.2, -0.15) is 0 Å². The minimum atomic E-state index is -0.568. The lowest BCUT2D eigenvalue weighted by Crippen LogP contribution is -2.14. The Bertz CT molecular complexity index is 1120. The number of carbonyl (C=O) groups excluding carboxylic acids is 3. The fraction of sp³-hybridized carbons (Fsp3) is 0.182. The van der Waals surface area contributed by atoms with Crippen LogP contribution >= 0.6 is 11.3 Å². The van der Waals surface area contributed by atoms with Gasteiger partial charge in [0, 0.05) is 16.8 Å². The number of benzene rings is 2. The number of fused-ring (bicyclic) bond motifs is 1. The fourth-order valence-corrected chi connectivity index (χ4v) is 4.13. The molecule has 6 nitrogen and oxygen atoms in total. The predicted molar refractivity (Wildman–Crippen MR) is 110 cm³/mol. The minimum absolute atomic E-state index is 0.0917. The zero-order chi connectivity index (χ0) is 20.5. The molecule has 0 saturated heterocycles. The normalized spacial score (nSPS) is 15.0. The average molecular weight is 406 g/mol. The van der Waals surface area contributed by atoms with Crippen LogP contribution in [0.2, 0.25) is 0 Å². The fourth-order valence-electron chi connectivity index (χ4n) is 3.16. The molecule has 0 aliphatic carbocycles. The highest BCUT2D eigenvalue weighted by atomic mass is 32.1. The first-order valence-electron chi connectivity index (χ1n) is 9.12. The number of ether oxygens (including phenoxy) is 1. The van der Waals surface area contributed by atoms with Crippen LogP contribution < -0.4 is 5.32 Å². The molecule has 1 aromatic heterocycles. The number of thiazole rings is 1. The van der Waals surface area contributed by atoms with Crippen molar-refractivity contribution in [2.75, 3.05) is 11.9 Å². The molecule has 0 fully saturated rings. The number of rotatable bonds is 5. The van der Waals surface area contributed by atoms with Crippen molar-refractivity contribution in [1.29, 1.82) is 0 Å². The number of carbonyl (C=O) groups is 3. The van der Waals surface area contributed by atoms with Crippen LogP contribution in [0.25, 0.3) is 10.6 Å². The number of Topliss-reactive ketones (excluding diaryl/α,β-unsaturated/α-hetero) is 1. The van der Waals surface area contributed by atoms with Gasteiger partial charge in [0.05, 0.1) is 11.6 Å². The highest BCUT2D eigenvalue weighted by molar-refractivity contribution is 7.17. The topological polar surface area (TPSA) is 85.4 Å².